The monoisotopic (exact) mass is 1030 g/mol. The zero-order chi connectivity index (χ0) is 52.7. The highest BCUT2D eigenvalue weighted by Crippen LogP contribution is 2.42. The van der Waals surface area contributed by atoms with Crippen LogP contribution < -0.4 is 38.0 Å². The van der Waals surface area contributed by atoms with Crippen molar-refractivity contribution in [2.24, 2.45) is 0 Å². The van der Waals surface area contributed by atoms with E-state index in [-0.39, 0.29) is 133 Å². The van der Waals surface area contributed by atoms with E-state index in [1.54, 1.807) is 36.4 Å². The minimum Gasteiger partial charge on any atom is -0.508 e. The number of ketones is 2. The SMILES string of the molecule is Nc1nc2ncc(CNc3ccc(C(=O)N[C@@H](CCC(=O)CCCOCCOCCC(=O)CCCNC(=S)Nc4ccc(-c5c6ccc(=O)cc-6oc6cc(O)ccc56)c(C(=O)O)c4)C(=O)O)cc3)nc2c(=O)[nH]1. The topological polar surface area (TPSA) is 340 Å². The highest BCUT2D eigenvalue weighted by Gasteiger charge is 2.24. The number of hydrogen-bond donors (Lipinski definition) is 9. The second-order valence-electron chi connectivity index (χ2n) is 16.8. The van der Waals surface area contributed by atoms with Gasteiger partial charge in [0.05, 0.1) is 43.8 Å². The lowest BCUT2D eigenvalue weighted by atomic mass is 9.90. The summed E-state index contributed by atoms with van der Waals surface area (Å²) in [7, 11) is 0. The number of fused-ring (bicyclic) bond motifs is 3. The summed E-state index contributed by atoms with van der Waals surface area (Å²) in [4.78, 5) is 101. The summed E-state index contributed by atoms with van der Waals surface area (Å²) >= 11 is 5.42. The predicted octanol–water partition coefficient (Wildman–Crippen LogP) is 5.26. The zero-order valence-electron chi connectivity index (χ0n) is 39.6. The molecule has 1 atom stereocenters. The van der Waals surface area contributed by atoms with Crippen molar-refractivity contribution in [2.45, 2.75) is 57.5 Å². The number of phenolic OH excluding ortho intramolecular Hbond substituents is 1. The molecule has 0 fully saturated rings. The van der Waals surface area contributed by atoms with Gasteiger partial charge in [0, 0.05) is 84.4 Å². The molecule has 7 rings (SSSR count). The number of nitrogens with zero attached hydrogens (tertiary/aromatic N) is 3. The number of thiocarbonyl (C=S) groups is 1. The van der Waals surface area contributed by atoms with E-state index < -0.39 is 29.4 Å². The number of Topliss-reactive ketones (excluding diaryl/α,β-unsaturated/α-hetero) is 2. The van der Waals surface area contributed by atoms with Crippen LogP contribution in [0.2, 0.25) is 0 Å². The number of aromatic amines is 1. The van der Waals surface area contributed by atoms with Gasteiger partial charge in [-0.15, -0.1) is 0 Å². The summed E-state index contributed by atoms with van der Waals surface area (Å²) in [5.74, 6) is -3.17. The van der Waals surface area contributed by atoms with E-state index in [1.165, 1.54) is 48.7 Å². The van der Waals surface area contributed by atoms with Crippen LogP contribution in [0.5, 0.6) is 5.75 Å². The molecule has 5 aromatic rings. The molecule has 0 unspecified atom stereocenters. The van der Waals surface area contributed by atoms with Crippen molar-refractivity contribution >= 4 is 86.2 Å². The van der Waals surface area contributed by atoms with Gasteiger partial charge < -0.3 is 56.2 Å². The van der Waals surface area contributed by atoms with Crippen LogP contribution in [-0.4, -0.2) is 109 Å². The third-order valence-electron chi connectivity index (χ3n) is 11.4. The van der Waals surface area contributed by atoms with Crippen molar-refractivity contribution in [3.63, 3.8) is 0 Å². The third-order valence-corrected chi connectivity index (χ3v) is 11.7. The van der Waals surface area contributed by atoms with Gasteiger partial charge in [0.2, 0.25) is 5.95 Å². The number of rotatable bonds is 26. The Labute approximate surface area is 426 Å². The summed E-state index contributed by atoms with van der Waals surface area (Å²) in [6.45, 7) is 1.54. The Kier molecular flexibility index (Phi) is 18.0. The molecule has 23 heteroatoms. The van der Waals surface area contributed by atoms with Crippen molar-refractivity contribution in [1.82, 2.24) is 30.6 Å². The number of aromatic nitrogens is 4. The quantitative estimate of drug-likeness (QED) is 0.0190. The van der Waals surface area contributed by atoms with Crippen molar-refractivity contribution in [3.05, 3.63) is 122 Å². The van der Waals surface area contributed by atoms with E-state index in [0.717, 1.165) is 0 Å². The van der Waals surface area contributed by atoms with E-state index in [9.17, 15) is 48.9 Å². The van der Waals surface area contributed by atoms with Crippen molar-refractivity contribution in [3.8, 4) is 28.2 Å². The molecule has 0 bridgehead atoms. The van der Waals surface area contributed by atoms with Crippen molar-refractivity contribution in [1.29, 1.82) is 0 Å². The Bertz CT molecular complexity index is 3310. The number of aromatic hydroxyl groups is 1. The second kappa shape index (κ2) is 25.1. The van der Waals surface area contributed by atoms with Gasteiger partial charge in [-0.25, -0.2) is 19.6 Å². The number of aromatic carboxylic acids is 1. The molecule has 2 aromatic heterocycles. The number of ether oxygens (including phenoxy) is 2. The summed E-state index contributed by atoms with van der Waals surface area (Å²) < 4.78 is 16.9. The Hall–Kier alpha value is -8.67. The first-order chi connectivity index (χ1) is 35.6. The van der Waals surface area contributed by atoms with Crippen LogP contribution in [0, 0.1) is 0 Å². The number of phenols is 1. The summed E-state index contributed by atoms with van der Waals surface area (Å²) in [5.41, 5.74) is 8.21. The largest absolute Gasteiger partial charge is 0.508 e. The fraction of sp³-hybridized carbons (Fsp3) is 0.275. The first-order valence-corrected chi connectivity index (χ1v) is 23.7. The van der Waals surface area contributed by atoms with E-state index in [2.05, 4.69) is 41.2 Å². The van der Waals surface area contributed by atoms with Crippen LogP contribution in [0.15, 0.2) is 99.1 Å². The predicted molar refractivity (Wildman–Crippen MR) is 276 cm³/mol. The molecule has 3 heterocycles. The van der Waals surface area contributed by atoms with Crippen LogP contribution in [-0.2, 0) is 30.4 Å². The molecule has 74 heavy (non-hydrogen) atoms. The average Bonchev–Trinajstić information content (AvgIpc) is 3.37. The second-order valence-corrected chi connectivity index (χ2v) is 17.2. The number of nitrogens with one attached hydrogen (secondary N) is 5. The highest BCUT2D eigenvalue weighted by molar-refractivity contribution is 7.80. The number of carbonyl (C=O) groups excluding carboxylic acids is 3. The maximum Gasteiger partial charge on any atom is 0.336 e. The minimum atomic E-state index is -1.28. The fourth-order valence-electron chi connectivity index (χ4n) is 7.75. The molecule has 0 saturated heterocycles. The van der Waals surface area contributed by atoms with Crippen molar-refractivity contribution < 1.29 is 53.2 Å². The molecule has 10 N–H and O–H groups in total. The lowest BCUT2D eigenvalue weighted by Crippen LogP contribution is -2.41. The van der Waals surface area contributed by atoms with E-state index in [1.807, 2.05) is 0 Å². The maximum atomic E-state index is 12.9. The Morgan fingerprint density at radius 1 is 0.797 bits per heavy atom. The number of anilines is 3. The van der Waals surface area contributed by atoms with Crippen molar-refractivity contribution in [2.75, 3.05) is 49.3 Å². The van der Waals surface area contributed by atoms with Gasteiger partial charge in [0.1, 0.15) is 34.7 Å². The molecule has 1 aliphatic heterocycles. The van der Waals surface area contributed by atoms with E-state index >= 15 is 0 Å². The number of amides is 1. The van der Waals surface area contributed by atoms with E-state index in [4.69, 9.17) is 31.8 Å². The van der Waals surface area contributed by atoms with E-state index in [0.29, 0.717) is 58.5 Å². The number of hydrogen-bond acceptors (Lipinski definition) is 17. The van der Waals surface area contributed by atoms with Gasteiger partial charge in [-0.05, 0) is 97.7 Å². The molecule has 22 nitrogen and oxygen atoms in total. The normalized spacial score (nSPS) is 11.6. The number of nitrogen functional groups attached to an aromatic ring is 1. The average molecular weight is 1030 g/mol. The Balaban J connectivity index is 0.726. The van der Waals surface area contributed by atoms with Crippen LogP contribution >= 0.6 is 12.2 Å². The number of aliphatic carboxylic acids is 1. The molecule has 0 radical (unpaired) electrons. The van der Waals surface area contributed by atoms with Crippen LogP contribution in [0.25, 0.3) is 44.6 Å². The van der Waals surface area contributed by atoms with Crippen LogP contribution in [0.4, 0.5) is 17.3 Å². The molecule has 384 valence electrons. The van der Waals surface area contributed by atoms with Gasteiger partial charge >= 0.3 is 11.9 Å². The Morgan fingerprint density at radius 2 is 1.53 bits per heavy atom. The van der Waals surface area contributed by atoms with Gasteiger partial charge in [0.15, 0.2) is 21.7 Å². The first-order valence-electron chi connectivity index (χ1n) is 23.3. The molecule has 0 spiro atoms. The lowest BCUT2D eigenvalue weighted by molar-refractivity contribution is -0.139. The van der Waals surface area contributed by atoms with Crippen LogP contribution in [0.1, 0.15) is 71.4 Å². The molecule has 2 aliphatic rings. The molecule has 1 amide bonds. The van der Waals surface area contributed by atoms with Gasteiger partial charge in [-0.2, -0.15) is 4.98 Å². The third kappa shape index (κ3) is 14.5. The summed E-state index contributed by atoms with van der Waals surface area (Å²) in [6.07, 6.45) is 2.83. The standard InChI is InChI=1S/C51H51N9O13S/c52-50-59-45-44(47(66)60-50)56-31(27-55-45)26-54-29-7-5-28(6-8-29)46(65)58-40(49(69)70)16-12-32(61)4-2-19-71-21-22-72-20-17-33(62)3-1-18-53-51(74)57-30-9-13-36(39(23-30)48(67)68)43-37-14-10-34(63)24-41(37)73-42-25-35(64)11-15-38(42)43/h5-11,13-15,23-25,27,40,54,63H,1-4,12,16-22,26H2,(H,58,65)(H,67,68)(H,69,70)(H2,53,57,74)(H3,52,55,59,60,66)/t40-/m0/s1. The van der Waals surface area contributed by atoms with Gasteiger partial charge in [-0.3, -0.25) is 29.0 Å². The number of carboxylic acids is 2. The molecule has 0 saturated carbocycles. The smallest absolute Gasteiger partial charge is 0.336 e. The number of carboxylic acid groups (broad SMARTS) is 2. The lowest BCUT2D eigenvalue weighted by Gasteiger charge is -2.18. The molecular weight excluding hydrogens is 979 g/mol. The molecule has 3 aromatic carbocycles. The maximum absolute atomic E-state index is 12.9. The van der Waals surface area contributed by atoms with Gasteiger partial charge in [-0.1, -0.05) is 6.07 Å². The molecular formula is C51H51N9O13S. The summed E-state index contributed by atoms with van der Waals surface area (Å²) in [5, 5.41) is 42.4. The number of carbonyl (C=O) groups is 5. The minimum absolute atomic E-state index is 0.00768. The van der Waals surface area contributed by atoms with Crippen LogP contribution in [0.3, 0.4) is 0 Å². The first kappa shape index (κ1) is 53.1. The number of nitrogens with two attached hydrogens (primary N) is 1. The summed E-state index contributed by atoms with van der Waals surface area (Å²) in [6, 6.07) is 18.5. The Morgan fingerprint density at radius 3 is 2.30 bits per heavy atom. The number of benzene rings is 4. The zero-order valence-corrected chi connectivity index (χ0v) is 40.4. The van der Waals surface area contributed by atoms with Gasteiger partial charge in [0.25, 0.3) is 11.5 Å². The number of H-pyrrole nitrogens is 1. The molecule has 1 aliphatic carbocycles. The fourth-order valence-corrected chi connectivity index (χ4v) is 7.97. The highest BCUT2D eigenvalue weighted by atomic mass is 32.1.